The highest BCUT2D eigenvalue weighted by atomic mass is 35.6. The van der Waals surface area contributed by atoms with Gasteiger partial charge >= 0.3 is 0 Å². The first-order valence-corrected chi connectivity index (χ1v) is 17.7. The fraction of sp³-hybridized carbons (Fsp3) is 0.636. The van der Waals surface area contributed by atoms with Gasteiger partial charge in [0.2, 0.25) is 0 Å². The Balaban J connectivity index is 0.000000260. The second kappa shape index (κ2) is 8.15. The highest BCUT2D eigenvalue weighted by Gasteiger charge is 2.37. The Morgan fingerprint density at radius 2 is 1.31 bits per heavy atom. The Kier molecular flexibility index (Phi) is 7.52. The molecule has 0 atom stereocenters. The number of hydrogen-bond acceptors (Lipinski definition) is 0. The van der Waals surface area contributed by atoms with E-state index in [9.17, 15) is 0 Å². The topological polar surface area (TPSA) is 0 Å². The van der Waals surface area contributed by atoms with E-state index in [-0.39, 0.29) is 5.41 Å². The molecule has 0 saturated heterocycles. The van der Waals surface area contributed by atoms with Gasteiger partial charge in [0.15, 0.2) is 14.8 Å². The molecule has 0 N–H and O–H groups in total. The fourth-order valence-electron chi connectivity index (χ4n) is 4.15. The molecule has 0 spiro atoms. The van der Waals surface area contributed by atoms with Crippen molar-refractivity contribution in [3.63, 3.8) is 0 Å². The van der Waals surface area contributed by atoms with Gasteiger partial charge in [0, 0.05) is 5.54 Å². The zero-order chi connectivity index (χ0) is 20.7. The molecule has 2 aliphatic carbocycles. The summed E-state index contributed by atoms with van der Waals surface area (Å²) in [5.74, 6) is 0. The molecule has 2 rings (SSSR count). The Morgan fingerprint density at radius 3 is 1.54 bits per heavy atom. The van der Waals surface area contributed by atoms with Crippen LogP contribution in [0.1, 0.15) is 54.9 Å². The van der Waals surface area contributed by atoms with E-state index in [1.165, 1.54) is 27.5 Å². The van der Waals surface area contributed by atoms with Crippen LogP contribution in [-0.2, 0) is 0 Å². The van der Waals surface area contributed by atoms with E-state index in [2.05, 4.69) is 86.8 Å². The molecule has 148 valence electrons. The van der Waals surface area contributed by atoms with Gasteiger partial charge < -0.3 is 0 Å². The Labute approximate surface area is 173 Å². The van der Waals surface area contributed by atoms with E-state index in [4.69, 9.17) is 22.2 Å². The fourth-order valence-corrected chi connectivity index (χ4v) is 9.87. The molecule has 4 heteroatoms. The maximum Gasteiger partial charge on any atom is 0.180 e. The molecule has 0 amide bonds. The zero-order valence-corrected chi connectivity index (χ0v) is 22.2. The van der Waals surface area contributed by atoms with E-state index in [0.717, 1.165) is 6.42 Å². The maximum atomic E-state index is 6.53. The average Bonchev–Trinajstić information content (AvgIpc) is 3.00. The van der Waals surface area contributed by atoms with Gasteiger partial charge in [-0.25, -0.2) is 0 Å². The molecule has 26 heavy (non-hydrogen) atoms. The minimum atomic E-state index is -1.63. The van der Waals surface area contributed by atoms with Crippen LogP contribution >= 0.6 is 22.2 Å². The minimum Gasteiger partial charge on any atom is -0.167 e. The predicted octanol–water partition coefficient (Wildman–Crippen LogP) is 8.76. The van der Waals surface area contributed by atoms with Crippen molar-refractivity contribution >= 4 is 36.9 Å². The summed E-state index contributed by atoms with van der Waals surface area (Å²) in [6, 6.07) is 0. The predicted molar refractivity (Wildman–Crippen MR) is 127 cm³/mol. The largest absolute Gasteiger partial charge is 0.180 e. The number of halogens is 2. The Hall–Kier alpha value is -0.0262. The summed E-state index contributed by atoms with van der Waals surface area (Å²) < 4.78 is 0. The van der Waals surface area contributed by atoms with Gasteiger partial charge in [-0.1, -0.05) is 75.8 Å². The molecule has 0 unspecified atom stereocenters. The lowest BCUT2D eigenvalue weighted by molar-refractivity contribution is 0.495. The molecule has 0 bridgehead atoms. The van der Waals surface area contributed by atoms with E-state index >= 15 is 0 Å². The van der Waals surface area contributed by atoms with E-state index in [1.54, 1.807) is 5.57 Å². The molecule has 0 saturated carbocycles. The third kappa shape index (κ3) is 5.50. The van der Waals surface area contributed by atoms with Gasteiger partial charge in [-0.3, -0.25) is 0 Å². The van der Waals surface area contributed by atoms with Crippen molar-refractivity contribution in [2.45, 2.75) is 86.6 Å². The molecule has 0 aliphatic heterocycles. The number of hydrogen-bond donors (Lipinski definition) is 0. The molecule has 2 aliphatic rings. The Bertz CT molecular complexity index is 648. The summed E-state index contributed by atoms with van der Waals surface area (Å²) >= 11 is 13.0. The quantitative estimate of drug-likeness (QED) is 0.304. The molecule has 0 heterocycles. The lowest BCUT2D eigenvalue weighted by Gasteiger charge is -2.26. The van der Waals surface area contributed by atoms with Crippen molar-refractivity contribution in [2.24, 2.45) is 5.41 Å². The first-order valence-electron chi connectivity index (χ1n) is 9.63. The second-order valence-corrected chi connectivity index (χ2v) is 22.8. The summed E-state index contributed by atoms with van der Waals surface area (Å²) in [6.07, 6.45) is 5.58. The second-order valence-electron chi connectivity index (χ2n) is 9.83. The van der Waals surface area contributed by atoms with Crippen LogP contribution in [0.5, 0.6) is 0 Å². The molecular formula is C22H38Cl2Si2. The van der Waals surface area contributed by atoms with Gasteiger partial charge in [0.05, 0.1) is 0 Å². The third-order valence-corrected chi connectivity index (χ3v) is 11.0. The van der Waals surface area contributed by atoms with Crippen molar-refractivity contribution in [1.29, 1.82) is 0 Å². The van der Waals surface area contributed by atoms with Crippen LogP contribution in [-0.4, -0.2) is 14.8 Å². The SMILES string of the molecule is CC(C)(C)C1=C([Si](C)(C)Cl)C=CC1.CC1=C(C)C([Si](C)(C)Cl)C(C)=C1C. The zero-order valence-electron chi connectivity index (χ0n) is 18.7. The summed E-state index contributed by atoms with van der Waals surface area (Å²) in [5.41, 5.74) is 8.31. The first kappa shape index (κ1) is 24.0. The molecule has 0 fully saturated rings. The van der Waals surface area contributed by atoms with Gasteiger partial charge in [-0.15, -0.1) is 0 Å². The molecule has 0 aromatic heterocycles. The summed E-state index contributed by atoms with van der Waals surface area (Å²) in [7, 11) is -3.21. The highest BCUT2D eigenvalue weighted by molar-refractivity contribution is 7.23. The number of allylic oxidation sites excluding steroid dienone is 8. The van der Waals surface area contributed by atoms with Crippen LogP contribution in [0.2, 0.25) is 31.7 Å². The van der Waals surface area contributed by atoms with Crippen molar-refractivity contribution in [3.05, 3.63) is 45.2 Å². The van der Waals surface area contributed by atoms with Crippen LogP contribution in [0.4, 0.5) is 0 Å². The van der Waals surface area contributed by atoms with Gasteiger partial charge in [0.25, 0.3) is 0 Å². The van der Waals surface area contributed by atoms with Crippen LogP contribution in [0.15, 0.2) is 45.2 Å². The van der Waals surface area contributed by atoms with Crippen molar-refractivity contribution in [2.75, 3.05) is 0 Å². The first-order chi connectivity index (χ1) is 11.5. The average molecular weight is 430 g/mol. The normalized spacial score (nSPS) is 19.6. The highest BCUT2D eigenvalue weighted by Crippen LogP contribution is 2.47. The lowest BCUT2D eigenvalue weighted by Crippen LogP contribution is -2.25. The van der Waals surface area contributed by atoms with Crippen molar-refractivity contribution < 1.29 is 0 Å². The maximum absolute atomic E-state index is 6.53. The van der Waals surface area contributed by atoms with Crippen molar-refractivity contribution in [3.8, 4) is 0 Å². The monoisotopic (exact) mass is 428 g/mol. The van der Waals surface area contributed by atoms with Crippen LogP contribution in [0.25, 0.3) is 0 Å². The van der Waals surface area contributed by atoms with Gasteiger partial charge in [0.1, 0.15) is 0 Å². The van der Waals surface area contributed by atoms with Gasteiger partial charge in [-0.05, 0) is 55.9 Å². The van der Waals surface area contributed by atoms with Crippen LogP contribution in [0, 0.1) is 5.41 Å². The van der Waals surface area contributed by atoms with Crippen molar-refractivity contribution in [1.82, 2.24) is 0 Å². The smallest absolute Gasteiger partial charge is 0.167 e. The lowest BCUT2D eigenvalue weighted by atomic mass is 9.86. The third-order valence-electron chi connectivity index (χ3n) is 5.78. The van der Waals surface area contributed by atoms with E-state index in [1.807, 2.05) is 0 Å². The summed E-state index contributed by atoms with van der Waals surface area (Å²) in [4.78, 5) is 0. The molecule has 0 nitrogen and oxygen atoms in total. The van der Waals surface area contributed by atoms with Crippen LogP contribution in [0.3, 0.4) is 0 Å². The minimum absolute atomic E-state index is 0.276. The number of rotatable bonds is 2. The van der Waals surface area contributed by atoms with Crippen LogP contribution < -0.4 is 0 Å². The van der Waals surface area contributed by atoms with E-state index in [0.29, 0.717) is 5.54 Å². The molecule has 0 aromatic carbocycles. The summed E-state index contributed by atoms with van der Waals surface area (Å²) in [5, 5.41) is 1.45. The molecular weight excluding hydrogens is 391 g/mol. The van der Waals surface area contributed by atoms with Gasteiger partial charge in [-0.2, -0.15) is 22.2 Å². The Morgan fingerprint density at radius 1 is 0.885 bits per heavy atom. The molecule has 0 radical (unpaired) electrons. The van der Waals surface area contributed by atoms with E-state index < -0.39 is 14.8 Å². The standard InChI is InChI=1S/2C11H19ClSi/c1-11(2,3)9-7-6-8-10(9)13(4,5)12;1-7-8(2)10(4)11(9(7)3)13(5,6)12/h6,8H,7H2,1-5H3;11H,1-6H3. The molecule has 0 aromatic rings. The summed E-state index contributed by atoms with van der Waals surface area (Å²) in [6.45, 7) is 24.6.